The molecule has 2 saturated heterocycles. The molecule has 2 bridgehead atoms. The molecule has 1 N–H and O–H groups in total. The molecule has 5 rings (SSSR count). The summed E-state index contributed by atoms with van der Waals surface area (Å²) >= 11 is 0. The highest BCUT2D eigenvalue weighted by molar-refractivity contribution is 5.79. The van der Waals surface area contributed by atoms with Crippen molar-refractivity contribution in [2.75, 3.05) is 6.54 Å². The number of nitrogens with zero attached hydrogens (tertiary/aromatic N) is 4. The van der Waals surface area contributed by atoms with Crippen molar-refractivity contribution in [2.24, 2.45) is 5.92 Å². The van der Waals surface area contributed by atoms with Gasteiger partial charge >= 0.3 is 0 Å². The van der Waals surface area contributed by atoms with E-state index in [0.717, 1.165) is 43.0 Å². The number of aryl methyl sites for hydroxylation is 1. The summed E-state index contributed by atoms with van der Waals surface area (Å²) in [6, 6.07) is 11.5. The van der Waals surface area contributed by atoms with E-state index in [1.54, 1.807) is 0 Å². The summed E-state index contributed by atoms with van der Waals surface area (Å²) in [4.78, 5) is 15.8. The lowest BCUT2D eigenvalue weighted by atomic mass is 9.86. The number of aromatic nitrogens is 3. The molecule has 1 aromatic heterocycles. The van der Waals surface area contributed by atoms with Gasteiger partial charge in [-0.05, 0) is 57.4 Å². The first-order valence-electron chi connectivity index (χ1n) is 14.1. The molecule has 202 valence electrons. The van der Waals surface area contributed by atoms with Crippen LogP contribution in [-0.4, -0.2) is 50.1 Å². The highest BCUT2D eigenvalue weighted by Crippen LogP contribution is 2.42. The Bertz CT molecular complexity index is 1050. The van der Waals surface area contributed by atoms with Gasteiger partial charge < -0.3 is 9.88 Å². The number of hydrogen-bond donors (Lipinski definition) is 1. The number of hydrogen-bond acceptors (Lipinski definition) is 4. The van der Waals surface area contributed by atoms with Crippen LogP contribution in [0.15, 0.2) is 30.3 Å². The number of alkyl halides is 2. The Labute approximate surface area is 219 Å². The minimum atomic E-state index is -2.62. The van der Waals surface area contributed by atoms with Gasteiger partial charge in [-0.1, -0.05) is 44.2 Å². The van der Waals surface area contributed by atoms with E-state index < -0.39 is 5.92 Å². The molecule has 2 aliphatic heterocycles. The van der Waals surface area contributed by atoms with Crippen molar-refractivity contribution in [1.29, 1.82) is 0 Å². The van der Waals surface area contributed by atoms with Crippen molar-refractivity contribution >= 4 is 5.91 Å². The molecule has 0 radical (unpaired) electrons. The van der Waals surface area contributed by atoms with E-state index in [-0.39, 0.29) is 43.6 Å². The van der Waals surface area contributed by atoms with Crippen molar-refractivity contribution in [3.8, 4) is 0 Å². The molecular formula is C29H41F2N5O. The molecule has 4 atom stereocenters. The summed E-state index contributed by atoms with van der Waals surface area (Å²) in [5, 5.41) is 12.1. The molecule has 1 aliphatic carbocycles. The van der Waals surface area contributed by atoms with Gasteiger partial charge in [0.25, 0.3) is 0 Å². The van der Waals surface area contributed by atoms with Gasteiger partial charge in [0, 0.05) is 49.3 Å². The van der Waals surface area contributed by atoms with Crippen LogP contribution in [0.3, 0.4) is 0 Å². The maximum Gasteiger partial charge on any atom is 0.248 e. The molecule has 2 aromatic rings. The number of halogens is 2. The average molecular weight is 514 g/mol. The summed E-state index contributed by atoms with van der Waals surface area (Å²) in [5.74, 6) is -0.572. The zero-order valence-corrected chi connectivity index (χ0v) is 22.4. The molecule has 1 amide bonds. The fourth-order valence-corrected chi connectivity index (χ4v) is 6.93. The molecule has 37 heavy (non-hydrogen) atoms. The SMILES string of the molecule is Cc1nnc(C(C)C)n1C1CC2CC[C@H](C1)N2CCC(NC(=O)C1CCC(F)(F)CC1)c1ccccc1. The number of carbonyl (C=O) groups is 1. The smallest absolute Gasteiger partial charge is 0.248 e. The third kappa shape index (κ3) is 5.74. The summed E-state index contributed by atoms with van der Waals surface area (Å²) in [6.45, 7) is 7.34. The third-order valence-corrected chi connectivity index (χ3v) is 8.92. The Morgan fingerprint density at radius 2 is 1.68 bits per heavy atom. The quantitative estimate of drug-likeness (QED) is 0.474. The zero-order valence-electron chi connectivity index (χ0n) is 22.4. The molecule has 8 heteroatoms. The van der Waals surface area contributed by atoms with Crippen LogP contribution in [0.1, 0.15) is 107 Å². The van der Waals surface area contributed by atoms with Crippen LogP contribution in [0.25, 0.3) is 0 Å². The van der Waals surface area contributed by atoms with Crippen LogP contribution >= 0.6 is 0 Å². The number of fused-ring (bicyclic) bond motifs is 2. The van der Waals surface area contributed by atoms with Gasteiger partial charge in [0.15, 0.2) is 0 Å². The first-order valence-corrected chi connectivity index (χ1v) is 14.1. The van der Waals surface area contributed by atoms with E-state index in [1.165, 1.54) is 12.8 Å². The second kappa shape index (κ2) is 10.8. The molecular weight excluding hydrogens is 472 g/mol. The van der Waals surface area contributed by atoms with E-state index in [2.05, 4.69) is 57.9 Å². The van der Waals surface area contributed by atoms with Crippen LogP contribution in [0.2, 0.25) is 0 Å². The molecule has 1 saturated carbocycles. The third-order valence-electron chi connectivity index (χ3n) is 8.92. The first kappa shape index (κ1) is 26.3. The Morgan fingerprint density at radius 1 is 1.03 bits per heavy atom. The molecule has 3 heterocycles. The van der Waals surface area contributed by atoms with Gasteiger partial charge in [-0.15, -0.1) is 10.2 Å². The Balaban J connectivity index is 1.24. The van der Waals surface area contributed by atoms with Gasteiger partial charge in [0.05, 0.1) is 6.04 Å². The lowest BCUT2D eigenvalue weighted by Crippen LogP contribution is -2.45. The largest absolute Gasteiger partial charge is 0.349 e. The summed E-state index contributed by atoms with van der Waals surface area (Å²) in [7, 11) is 0. The summed E-state index contributed by atoms with van der Waals surface area (Å²) in [5.41, 5.74) is 1.08. The number of rotatable bonds is 8. The molecule has 3 fully saturated rings. The van der Waals surface area contributed by atoms with E-state index in [0.29, 0.717) is 24.0 Å². The van der Waals surface area contributed by atoms with Crippen LogP contribution < -0.4 is 5.32 Å². The first-order chi connectivity index (χ1) is 17.7. The predicted octanol–water partition coefficient (Wildman–Crippen LogP) is 5.95. The van der Waals surface area contributed by atoms with Gasteiger partial charge in [-0.25, -0.2) is 8.78 Å². The van der Waals surface area contributed by atoms with Crippen LogP contribution in [0.5, 0.6) is 0 Å². The van der Waals surface area contributed by atoms with Crippen molar-refractivity contribution in [2.45, 2.75) is 115 Å². The standard InChI is InChI=1S/C29H41F2N5O/c1-19(2)27-34-33-20(3)36(27)25-17-23-9-10-24(18-25)35(23)16-13-26(21-7-5-4-6-8-21)32-28(37)22-11-14-29(30,31)15-12-22/h4-8,19,22-26H,9-18H2,1-3H3,(H,32,37)/t23-,24?,25?,26?/m1/s1. The minimum Gasteiger partial charge on any atom is -0.349 e. The van der Waals surface area contributed by atoms with Gasteiger partial charge in [0.2, 0.25) is 11.8 Å². The lowest BCUT2D eigenvalue weighted by molar-refractivity contribution is -0.130. The fourth-order valence-electron chi connectivity index (χ4n) is 6.93. The highest BCUT2D eigenvalue weighted by Gasteiger charge is 2.42. The number of carbonyl (C=O) groups excluding carboxylic acids is 1. The van der Waals surface area contributed by atoms with Gasteiger partial charge in [-0.3, -0.25) is 9.69 Å². The topological polar surface area (TPSA) is 63.1 Å². The van der Waals surface area contributed by atoms with Crippen molar-refractivity contribution in [3.63, 3.8) is 0 Å². The highest BCUT2D eigenvalue weighted by atomic mass is 19.3. The number of piperidine rings is 1. The minimum absolute atomic E-state index is 0.0738. The molecule has 1 aromatic carbocycles. The van der Waals surface area contributed by atoms with Gasteiger partial charge in [-0.2, -0.15) is 0 Å². The Hall–Kier alpha value is -2.35. The fraction of sp³-hybridized carbons (Fsp3) is 0.690. The van der Waals surface area contributed by atoms with Crippen molar-refractivity contribution in [1.82, 2.24) is 25.0 Å². The summed E-state index contributed by atoms with van der Waals surface area (Å²) < 4.78 is 29.6. The molecule has 3 unspecified atom stereocenters. The monoisotopic (exact) mass is 513 g/mol. The number of benzene rings is 1. The van der Waals surface area contributed by atoms with Crippen LogP contribution in [0, 0.1) is 12.8 Å². The Morgan fingerprint density at radius 3 is 2.30 bits per heavy atom. The van der Waals surface area contributed by atoms with E-state index in [9.17, 15) is 13.6 Å². The van der Waals surface area contributed by atoms with Crippen molar-refractivity contribution in [3.05, 3.63) is 47.5 Å². The summed E-state index contributed by atoms with van der Waals surface area (Å²) in [6.07, 6.45) is 5.59. The second-order valence-corrected chi connectivity index (χ2v) is 11.8. The normalized spacial score (nSPS) is 26.9. The number of nitrogens with one attached hydrogen (secondary N) is 1. The molecule has 0 spiro atoms. The van der Waals surface area contributed by atoms with Crippen molar-refractivity contribution < 1.29 is 13.6 Å². The van der Waals surface area contributed by atoms with E-state index in [4.69, 9.17) is 0 Å². The Kier molecular flexibility index (Phi) is 7.66. The number of amides is 1. The van der Waals surface area contributed by atoms with Crippen LogP contribution in [0.4, 0.5) is 8.78 Å². The zero-order chi connectivity index (χ0) is 26.2. The molecule has 6 nitrogen and oxygen atoms in total. The molecule has 3 aliphatic rings. The predicted molar refractivity (Wildman–Crippen MR) is 139 cm³/mol. The van der Waals surface area contributed by atoms with Crippen LogP contribution in [-0.2, 0) is 4.79 Å². The average Bonchev–Trinajstić information content (AvgIpc) is 3.37. The maximum absolute atomic E-state index is 13.6. The second-order valence-electron chi connectivity index (χ2n) is 11.8. The van der Waals surface area contributed by atoms with E-state index >= 15 is 0 Å². The maximum atomic E-state index is 13.6. The lowest BCUT2D eigenvalue weighted by Gasteiger charge is -2.40. The van der Waals surface area contributed by atoms with E-state index in [1.807, 2.05) is 18.2 Å². The van der Waals surface area contributed by atoms with Gasteiger partial charge in [0.1, 0.15) is 11.6 Å².